The molecule has 15 rings (SSSR count). The summed E-state index contributed by atoms with van der Waals surface area (Å²) in [6.45, 7) is 0. The van der Waals surface area contributed by atoms with E-state index in [9.17, 15) is 0 Å². The first kappa shape index (κ1) is 35.8. The van der Waals surface area contributed by atoms with E-state index < -0.39 is 5.41 Å². The highest BCUT2D eigenvalue weighted by atomic mass is 16.3. The molecule has 11 aromatic carbocycles. The van der Waals surface area contributed by atoms with Gasteiger partial charge in [0.1, 0.15) is 22.3 Å². The summed E-state index contributed by atoms with van der Waals surface area (Å²) in [5.41, 5.74) is 18.6. The van der Waals surface area contributed by atoms with Crippen LogP contribution in [0.5, 0.6) is 0 Å². The van der Waals surface area contributed by atoms with Crippen LogP contribution in [-0.4, -0.2) is 0 Å². The maximum atomic E-state index is 7.29. The van der Waals surface area contributed by atoms with E-state index in [0.717, 1.165) is 72.1 Å². The van der Waals surface area contributed by atoms with E-state index in [1.54, 1.807) is 0 Å². The summed E-state index contributed by atoms with van der Waals surface area (Å²) < 4.78 is 13.8. The van der Waals surface area contributed by atoms with Crippen molar-refractivity contribution in [3.05, 3.63) is 247 Å². The molecule has 0 N–H and O–H groups in total. The van der Waals surface area contributed by atoms with Crippen LogP contribution in [0.1, 0.15) is 22.3 Å². The van der Waals surface area contributed by atoms with Gasteiger partial charge in [0.2, 0.25) is 0 Å². The van der Waals surface area contributed by atoms with Crippen molar-refractivity contribution in [1.82, 2.24) is 0 Å². The number of benzene rings is 11. The minimum Gasteiger partial charge on any atom is -0.456 e. The van der Waals surface area contributed by atoms with E-state index >= 15 is 0 Å². The molecule has 2 aliphatic carbocycles. The summed E-state index contributed by atoms with van der Waals surface area (Å²) in [7, 11) is 0. The largest absolute Gasteiger partial charge is 0.456 e. The Hall–Kier alpha value is -8.66. The summed E-state index contributed by atoms with van der Waals surface area (Å²) in [5, 5.41) is 9.04. The number of para-hydroxylation sites is 2. The average Bonchev–Trinajstić information content (AvgIpc) is 4.12. The molecule has 0 fully saturated rings. The lowest BCUT2D eigenvalue weighted by Gasteiger charge is -2.32. The molecular formula is C63H37NO2. The van der Waals surface area contributed by atoms with Crippen LogP contribution in [0.2, 0.25) is 0 Å². The quantitative estimate of drug-likeness (QED) is 0.165. The number of nitrogens with zero attached hydrogens (tertiary/aromatic N) is 1. The smallest absolute Gasteiger partial charge is 0.145 e. The fraction of sp³-hybridized carbons (Fsp3) is 0.0159. The Morgan fingerprint density at radius 3 is 1.61 bits per heavy atom. The SMILES string of the molecule is c1ccc(N(c2ccc3c(c2)C2(c4ccccc4-c4ccccc42)c2ccccc2-3)c2ccc3c(oc4ccc5oc6ccccc6c5c43)c2-c2cc3ccccc3c3ccccc23)cc1. The van der Waals surface area contributed by atoms with Gasteiger partial charge < -0.3 is 13.7 Å². The van der Waals surface area contributed by atoms with Crippen molar-refractivity contribution in [2.24, 2.45) is 0 Å². The van der Waals surface area contributed by atoms with Gasteiger partial charge in [0.15, 0.2) is 0 Å². The highest BCUT2D eigenvalue weighted by Crippen LogP contribution is 2.63. The van der Waals surface area contributed by atoms with Crippen molar-refractivity contribution in [2.75, 3.05) is 4.90 Å². The predicted octanol–water partition coefficient (Wildman–Crippen LogP) is 17.3. The van der Waals surface area contributed by atoms with Gasteiger partial charge in [0.05, 0.1) is 11.1 Å². The van der Waals surface area contributed by atoms with Gasteiger partial charge in [-0.1, -0.05) is 164 Å². The fourth-order valence-electron chi connectivity index (χ4n) is 12.1. The van der Waals surface area contributed by atoms with Crippen LogP contribution in [0.15, 0.2) is 233 Å². The highest BCUT2D eigenvalue weighted by Gasteiger charge is 2.51. The predicted molar refractivity (Wildman–Crippen MR) is 272 cm³/mol. The maximum absolute atomic E-state index is 7.29. The number of fused-ring (bicyclic) bond motifs is 20. The number of hydrogen-bond acceptors (Lipinski definition) is 3. The molecule has 66 heavy (non-hydrogen) atoms. The monoisotopic (exact) mass is 839 g/mol. The van der Waals surface area contributed by atoms with E-state index in [1.807, 2.05) is 12.1 Å². The lowest BCUT2D eigenvalue weighted by molar-refractivity contribution is 0.663. The van der Waals surface area contributed by atoms with Gasteiger partial charge in [-0.25, -0.2) is 0 Å². The van der Waals surface area contributed by atoms with Crippen molar-refractivity contribution in [2.45, 2.75) is 5.41 Å². The summed E-state index contributed by atoms with van der Waals surface area (Å²) in [5.74, 6) is 0. The topological polar surface area (TPSA) is 29.5 Å². The number of furan rings is 2. The molecule has 0 unspecified atom stereocenters. The standard InChI is InChI=1S/C63H37NO2/c1-2-17-39(18-3-1)64(40-30-31-47-46-24-10-14-28-53(46)63(54(47)37-40)51-26-12-8-22-44(51)45-23-9-13-27-52(45)63)55-33-32-49-61-58(35-34-57-60(61)48-25-11-15-29-56(48)65-57)66-62(49)59(55)50-36-38-16-4-5-19-41(38)42-20-6-7-21-43(42)50/h1-37H. The van der Waals surface area contributed by atoms with Crippen LogP contribution in [0.3, 0.4) is 0 Å². The molecule has 3 nitrogen and oxygen atoms in total. The third-order valence-corrected chi connectivity index (χ3v) is 14.7. The van der Waals surface area contributed by atoms with Crippen molar-refractivity contribution < 1.29 is 8.83 Å². The lowest BCUT2D eigenvalue weighted by Crippen LogP contribution is -2.26. The van der Waals surface area contributed by atoms with Gasteiger partial charge in [-0.3, -0.25) is 0 Å². The molecule has 0 saturated heterocycles. The first-order chi connectivity index (χ1) is 32.8. The summed E-state index contributed by atoms with van der Waals surface area (Å²) in [4.78, 5) is 2.46. The molecular weight excluding hydrogens is 803 g/mol. The van der Waals surface area contributed by atoms with Gasteiger partial charge in [0.25, 0.3) is 0 Å². The Morgan fingerprint density at radius 2 is 0.879 bits per heavy atom. The van der Waals surface area contributed by atoms with Crippen LogP contribution in [-0.2, 0) is 5.41 Å². The molecule has 2 heterocycles. The zero-order valence-electron chi connectivity index (χ0n) is 35.6. The van der Waals surface area contributed by atoms with Gasteiger partial charge in [-0.15, -0.1) is 0 Å². The molecule has 2 aromatic heterocycles. The van der Waals surface area contributed by atoms with Gasteiger partial charge in [-0.05, 0) is 132 Å². The molecule has 13 aromatic rings. The molecule has 306 valence electrons. The van der Waals surface area contributed by atoms with Gasteiger partial charge in [0, 0.05) is 38.5 Å². The third kappa shape index (κ3) is 4.61. The van der Waals surface area contributed by atoms with Gasteiger partial charge in [-0.2, -0.15) is 0 Å². The second-order valence-electron chi connectivity index (χ2n) is 17.8. The van der Waals surface area contributed by atoms with Gasteiger partial charge >= 0.3 is 0 Å². The minimum atomic E-state index is -0.490. The van der Waals surface area contributed by atoms with Crippen LogP contribution < -0.4 is 4.90 Å². The normalized spacial score (nSPS) is 13.3. The van der Waals surface area contributed by atoms with E-state index in [-0.39, 0.29) is 0 Å². The Labute approximate surface area is 380 Å². The van der Waals surface area contributed by atoms with E-state index in [2.05, 4.69) is 217 Å². The fourth-order valence-corrected chi connectivity index (χ4v) is 12.1. The Kier molecular flexibility index (Phi) is 7.15. The minimum absolute atomic E-state index is 0.490. The average molecular weight is 840 g/mol. The van der Waals surface area contributed by atoms with Crippen LogP contribution in [0.25, 0.3) is 98.8 Å². The van der Waals surface area contributed by atoms with Crippen LogP contribution in [0, 0.1) is 0 Å². The van der Waals surface area contributed by atoms with Crippen molar-refractivity contribution >= 4 is 82.5 Å². The maximum Gasteiger partial charge on any atom is 0.145 e. The van der Waals surface area contributed by atoms with Crippen molar-refractivity contribution in [3.63, 3.8) is 0 Å². The molecule has 0 bridgehead atoms. The second-order valence-corrected chi connectivity index (χ2v) is 17.8. The molecule has 3 heteroatoms. The number of hydrogen-bond donors (Lipinski definition) is 0. The molecule has 2 aliphatic rings. The number of rotatable bonds is 4. The van der Waals surface area contributed by atoms with E-state index in [1.165, 1.54) is 66.1 Å². The second kappa shape index (κ2) is 13.2. The van der Waals surface area contributed by atoms with Crippen molar-refractivity contribution in [1.29, 1.82) is 0 Å². The summed E-state index contributed by atoms with van der Waals surface area (Å²) in [6, 6.07) is 82.1. The molecule has 1 spiro atoms. The lowest BCUT2D eigenvalue weighted by atomic mass is 9.70. The first-order valence-corrected chi connectivity index (χ1v) is 22.7. The van der Waals surface area contributed by atoms with E-state index in [0.29, 0.717) is 0 Å². The Morgan fingerprint density at radius 1 is 0.318 bits per heavy atom. The Balaban J connectivity index is 1.08. The number of anilines is 3. The molecule has 0 atom stereocenters. The molecule has 0 radical (unpaired) electrons. The summed E-state index contributed by atoms with van der Waals surface area (Å²) >= 11 is 0. The molecule has 0 saturated carbocycles. The van der Waals surface area contributed by atoms with E-state index in [4.69, 9.17) is 8.83 Å². The van der Waals surface area contributed by atoms with Crippen molar-refractivity contribution in [3.8, 4) is 33.4 Å². The zero-order valence-corrected chi connectivity index (χ0v) is 35.6. The Bertz CT molecular complexity index is 4130. The molecule has 0 amide bonds. The summed E-state index contributed by atoms with van der Waals surface area (Å²) in [6.07, 6.45) is 0. The third-order valence-electron chi connectivity index (χ3n) is 14.7. The van der Waals surface area contributed by atoms with Crippen LogP contribution in [0.4, 0.5) is 17.1 Å². The molecule has 0 aliphatic heterocycles. The van der Waals surface area contributed by atoms with Crippen LogP contribution >= 0.6 is 0 Å². The zero-order chi connectivity index (χ0) is 43.1. The first-order valence-electron chi connectivity index (χ1n) is 22.7. The highest BCUT2D eigenvalue weighted by molar-refractivity contribution is 6.28.